The average Bonchev–Trinajstić information content (AvgIpc) is 3.81. The molecule has 0 spiro atoms. The molecule has 0 aliphatic carbocycles. The lowest BCUT2D eigenvalue weighted by atomic mass is 9.96. The molecule has 3 aromatic heterocycles. The van der Waals surface area contributed by atoms with Crippen LogP contribution in [0.4, 0.5) is 0 Å². The van der Waals surface area contributed by atoms with E-state index in [2.05, 4.69) is 173 Å². The van der Waals surface area contributed by atoms with Crippen LogP contribution in [0, 0.1) is 0 Å². The van der Waals surface area contributed by atoms with Gasteiger partial charge in [0.1, 0.15) is 0 Å². The summed E-state index contributed by atoms with van der Waals surface area (Å²) >= 11 is 0. The predicted octanol–water partition coefficient (Wildman–Crippen LogP) is 12.7. The van der Waals surface area contributed by atoms with Gasteiger partial charge in [-0.3, -0.25) is 4.57 Å². The van der Waals surface area contributed by atoms with E-state index < -0.39 is 0 Å². The third-order valence-corrected chi connectivity index (χ3v) is 10.8. The largest absolute Gasteiger partial charge is 0.307 e. The molecule has 5 nitrogen and oxygen atoms in total. The first kappa shape index (κ1) is 31.9. The molecular weight excluding hydrogens is 683 g/mol. The topological polar surface area (TPSA) is 48.5 Å². The van der Waals surface area contributed by atoms with E-state index in [9.17, 15) is 0 Å². The van der Waals surface area contributed by atoms with E-state index in [4.69, 9.17) is 15.0 Å². The molecule has 0 amide bonds. The second kappa shape index (κ2) is 13.0. The van der Waals surface area contributed by atoms with Crippen LogP contribution in [-0.4, -0.2) is 24.1 Å². The molecule has 0 bridgehead atoms. The summed E-state index contributed by atoms with van der Waals surface area (Å²) in [6.07, 6.45) is 0. The SMILES string of the molecule is c1ccc(-c2ccc(-n3c4ccccc4c4cc(-c5ccccc5)c5c6ccccc6n(-c6nc(-c7ccccc7)nc(-c7ccccc7)n6)c5c43)cc2)cc1. The second-order valence-electron chi connectivity index (χ2n) is 14.0. The highest BCUT2D eigenvalue weighted by molar-refractivity contribution is 6.28. The van der Waals surface area contributed by atoms with Gasteiger partial charge in [0.2, 0.25) is 5.95 Å². The molecule has 0 N–H and O–H groups in total. The van der Waals surface area contributed by atoms with E-state index in [0.29, 0.717) is 17.6 Å². The van der Waals surface area contributed by atoms with Crippen LogP contribution in [0.2, 0.25) is 0 Å². The van der Waals surface area contributed by atoms with E-state index in [1.54, 1.807) is 0 Å². The summed E-state index contributed by atoms with van der Waals surface area (Å²) in [7, 11) is 0. The van der Waals surface area contributed by atoms with Crippen molar-refractivity contribution in [2.24, 2.45) is 0 Å². The zero-order valence-electron chi connectivity index (χ0n) is 30.3. The van der Waals surface area contributed by atoms with Crippen molar-refractivity contribution in [2.75, 3.05) is 0 Å². The van der Waals surface area contributed by atoms with Gasteiger partial charge in [0.25, 0.3) is 0 Å². The first-order valence-electron chi connectivity index (χ1n) is 18.9. The highest BCUT2D eigenvalue weighted by Crippen LogP contribution is 2.46. The minimum Gasteiger partial charge on any atom is -0.307 e. The van der Waals surface area contributed by atoms with Gasteiger partial charge in [-0.05, 0) is 52.6 Å². The monoisotopic (exact) mass is 715 g/mol. The van der Waals surface area contributed by atoms with Crippen molar-refractivity contribution in [2.45, 2.75) is 0 Å². The smallest absolute Gasteiger partial charge is 0.238 e. The third-order valence-electron chi connectivity index (χ3n) is 10.8. The number of benzene rings is 8. The lowest BCUT2D eigenvalue weighted by molar-refractivity contribution is 0.953. The molecule has 0 saturated heterocycles. The van der Waals surface area contributed by atoms with Gasteiger partial charge in [-0.1, -0.05) is 170 Å². The Morgan fingerprint density at radius 2 is 0.786 bits per heavy atom. The van der Waals surface area contributed by atoms with E-state index in [0.717, 1.165) is 66.2 Å². The van der Waals surface area contributed by atoms with Crippen molar-refractivity contribution >= 4 is 43.6 Å². The second-order valence-corrected chi connectivity index (χ2v) is 14.0. The lowest BCUT2D eigenvalue weighted by Gasteiger charge is -2.15. The Morgan fingerprint density at radius 3 is 1.38 bits per heavy atom. The first-order chi connectivity index (χ1) is 27.8. The van der Waals surface area contributed by atoms with E-state index in [1.807, 2.05) is 36.4 Å². The molecule has 0 unspecified atom stereocenters. The zero-order chi connectivity index (χ0) is 37.0. The summed E-state index contributed by atoms with van der Waals surface area (Å²) in [6.45, 7) is 0. The van der Waals surface area contributed by atoms with Crippen LogP contribution in [0.15, 0.2) is 200 Å². The maximum atomic E-state index is 5.31. The van der Waals surface area contributed by atoms with E-state index in [1.165, 1.54) is 16.5 Å². The normalized spacial score (nSPS) is 11.6. The summed E-state index contributed by atoms with van der Waals surface area (Å²) in [4.78, 5) is 15.7. The van der Waals surface area contributed by atoms with Crippen LogP contribution in [-0.2, 0) is 0 Å². The molecule has 11 rings (SSSR count). The molecule has 5 heteroatoms. The number of fused-ring (bicyclic) bond motifs is 7. The van der Waals surface area contributed by atoms with Gasteiger partial charge in [-0.25, -0.2) is 4.98 Å². The zero-order valence-corrected chi connectivity index (χ0v) is 30.3. The first-order valence-corrected chi connectivity index (χ1v) is 18.9. The number of nitrogens with zero attached hydrogens (tertiary/aromatic N) is 5. The maximum absolute atomic E-state index is 5.31. The van der Waals surface area contributed by atoms with Gasteiger partial charge in [0, 0.05) is 38.4 Å². The Bertz CT molecular complexity index is 3150. The highest BCUT2D eigenvalue weighted by atomic mass is 15.2. The molecule has 0 aliphatic rings. The number of rotatable bonds is 6. The molecule has 8 aromatic carbocycles. The Labute approximate surface area is 323 Å². The van der Waals surface area contributed by atoms with Crippen molar-refractivity contribution in [3.05, 3.63) is 200 Å². The maximum Gasteiger partial charge on any atom is 0.238 e. The van der Waals surface area contributed by atoms with Crippen molar-refractivity contribution < 1.29 is 0 Å². The van der Waals surface area contributed by atoms with Crippen LogP contribution in [0.1, 0.15) is 0 Å². The Hall–Kier alpha value is -7.63. The Morgan fingerprint density at radius 1 is 0.321 bits per heavy atom. The van der Waals surface area contributed by atoms with E-state index in [-0.39, 0.29) is 0 Å². The third kappa shape index (κ3) is 5.13. The number of hydrogen-bond donors (Lipinski definition) is 0. The molecular formula is C51H33N5. The van der Waals surface area contributed by atoms with Crippen molar-refractivity contribution in [1.29, 1.82) is 0 Å². The molecule has 0 fully saturated rings. The quantitative estimate of drug-likeness (QED) is 0.172. The van der Waals surface area contributed by atoms with Gasteiger partial charge in [-0.2, -0.15) is 9.97 Å². The molecule has 0 aliphatic heterocycles. The molecule has 0 saturated carbocycles. The molecule has 0 radical (unpaired) electrons. The minimum absolute atomic E-state index is 0.562. The summed E-state index contributed by atoms with van der Waals surface area (Å²) in [5.74, 6) is 1.80. The number of para-hydroxylation sites is 2. The van der Waals surface area contributed by atoms with Gasteiger partial charge < -0.3 is 4.57 Å². The molecule has 3 heterocycles. The standard InChI is InChI=1S/C51H33N5/c1-5-17-34(18-6-1)35-29-31-39(32-30-35)55-44-27-15-13-25-40(44)43-33-42(36-19-7-2-8-20-36)46-41-26-14-16-28-45(41)56(48(46)47(43)55)51-53-49(37-21-9-3-10-22-37)52-50(54-51)38-23-11-4-12-24-38/h1-33H. The fourth-order valence-electron chi connectivity index (χ4n) is 8.25. The minimum atomic E-state index is 0.562. The van der Waals surface area contributed by atoms with Crippen LogP contribution >= 0.6 is 0 Å². The van der Waals surface area contributed by atoms with Gasteiger partial charge in [0.05, 0.1) is 22.1 Å². The molecule has 0 atom stereocenters. The van der Waals surface area contributed by atoms with Crippen molar-refractivity contribution in [1.82, 2.24) is 24.1 Å². The summed E-state index contributed by atoms with van der Waals surface area (Å²) < 4.78 is 4.69. The fraction of sp³-hybridized carbons (Fsp3) is 0. The Kier molecular flexibility index (Phi) is 7.42. The highest BCUT2D eigenvalue weighted by Gasteiger charge is 2.26. The fourth-order valence-corrected chi connectivity index (χ4v) is 8.25. The lowest BCUT2D eigenvalue weighted by Crippen LogP contribution is -2.07. The van der Waals surface area contributed by atoms with Crippen LogP contribution < -0.4 is 0 Å². The van der Waals surface area contributed by atoms with Gasteiger partial charge in [-0.15, -0.1) is 0 Å². The predicted molar refractivity (Wildman–Crippen MR) is 230 cm³/mol. The van der Waals surface area contributed by atoms with Crippen LogP contribution in [0.5, 0.6) is 0 Å². The van der Waals surface area contributed by atoms with Gasteiger partial charge in [0.15, 0.2) is 11.6 Å². The Balaban J connectivity index is 1.32. The number of hydrogen-bond acceptors (Lipinski definition) is 3. The summed E-state index contributed by atoms with van der Waals surface area (Å²) in [5.41, 5.74) is 11.9. The number of aromatic nitrogens is 5. The van der Waals surface area contributed by atoms with Crippen LogP contribution in [0.25, 0.3) is 100 Å². The average molecular weight is 716 g/mol. The molecule has 11 aromatic rings. The van der Waals surface area contributed by atoms with E-state index >= 15 is 0 Å². The molecule has 56 heavy (non-hydrogen) atoms. The van der Waals surface area contributed by atoms with Crippen molar-refractivity contribution in [3.63, 3.8) is 0 Å². The molecule has 262 valence electrons. The summed E-state index contributed by atoms with van der Waals surface area (Å²) in [5, 5.41) is 4.61. The van der Waals surface area contributed by atoms with Crippen LogP contribution in [0.3, 0.4) is 0 Å². The van der Waals surface area contributed by atoms with Crippen molar-refractivity contribution in [3.8, 4) is 56.7 Å². The van der Waals surface area contributed by atoms with Gasteiger partial charge >= 0.3 is 0 Å². The summed E-state index contributed by atoms with van der Waals surface area (Å²) in [6, 6.07) is 70.3.